The molecule has 0 fully saturated rings. The zero-order chi connectivity index (χ0) is 18.4. The monoisotopic (exact) mass is 339 g/mol. The number of ether oxygens (including phenoxy) is 1. The smallest absolute Gasteiger partial charge is 0.265 e. The topological polar surface area (TPSA) is 38.3 Å². The second-order valence-electron chi connectivity index (χ2n) is 6.43. The van der Waals surface area contributed by atoms with Crippen LogP contribution in [0.4, 0.5) is 5.69 Å². The number of aryl methyl sites for hydroxylation is 4. The number of carbonyl (C=O) groups is 1. The first kappa shape index (κ1) is 19.0. The average molecular weight is 339 g/mol. The van der Waals surface area contributed by atoms with E-state index in [0.29, 0.717) is 6.42 Å². The zero-order valence-corrected chi connectivity index (χ0v) is 16.0. The van der Waals surface area contributed by atoms with E-state index in [1.54, 1.807) is 0 Å². The molecular weight excluding hydrogens is 310 g/mol. The first-order chi connectivity index (χ1) is 12.0. The Morgan fingerprint density at radius 1 is 1.04 bits per heavy atom. The molecule has 0 spiro atoms. The number of anilines is 1. The highest BCUT2D eigenvalue weighted by Crippen LogP contribution is 2.25. The van der Waals surface area contributed by atoms with Gasteiger partial charge in [-0.05, 0) is 55.9 Å². The minimum Gasteiger partial charge on any atom is -0.480 e. The molecule has 0 radical (unpaired) electrons. The second-order valence-corrected chi connectivity index (χ2v) is 6.43. The van der Waals surface area contributed by atoms with E-state index >= 15 is 0 Å². The maximum Gasteiger partial charge on any atom is 0.265 e. The molecule has 0 saturated heterocycles. The van der Waals surface area contributed by atoms with E-state index in [1.165, 1.54) is 5.56 Å². The molecule has 0 saturated carbocycles. The van der Waals surface area contributed by atoms with Crippen LogP contribution in [0.2, 0.25) is 0 Å². The van der Waals surface area contributed by atoms with E-state index in [0.717, 1.165) is 41.0 Å². The van der Waals surface area contributed by atoms with E-state index in [9.17, 15) is 4.79 Å². The lowest BCUT2D eigenvalue weighted by Crippen LogP contribution is -2.33. The van der Waals surface area contributed by atoms with Crippen molar-refractivity contribution in [3.63, 3.8) is 0 Å². The zero-order valence-electron chi connectivity index (χ0n) is 16.0. The molecule has 0 aliphatic rings. The molecule has 2 aromatic rings. The summed E-state index contributed by atoms with van der Waals surface area (Å²) in [7, 11) is 0. The highest BCUT2D eigenvalue weighted by Gasteiger charge is 2.21. The Morgan fingerprint density at radius 3 is 2.20 bits per heavy atom. The van der Waals surface area contributed by atoms with Crippen LogP contribution in [0.15, 0.2) is 36.4 Å². The SMILES string of the molecule is CCc1cccc(CC)c1NC(=O)[C@@H](CC)Oc1ccc(C)cc1C. The number of nitrogens with one attached hydrogen (secondary N) is 1. The predicted molar refractivity (Wildman–Crippen MR) is 104 cm³/mol. The molecule has 1 N–H and O–H groups in total. The molecule has 1 amide bonds. The van der Waals surface area contributed by atoms with Crippen molar-refractivity contribution in [1.29, 1.82) is 0 Å². The third-order valence-corrected chi connectivity index (χ3v) is 4.51. The van der Waals surface area contributed by atoms with Crippen LogP contribution in [-0.4, -0.2) is 12.0 Å². The van der Waals surface area contributed by atoms with Gasteiger partial charge in [0.05, 0.1) is 0 Å². The Labute approximate surface area is 151 Å². The predicted octanol–water partition coefficient (Wildman–Crippen LogP) is 5.22. The molecular formula is C22H29NO2. The minimum atomic E-state index is -0.504. The number of para-hydroxylation sites is 1. The van der Waals surface area contributed by atoms with E-state index in [-0.39, 0.29) is 5.91 Å². The molecule has 134 valence electrons. The molecule has 1 atom stereocenters. The quantitative estimate of drug-likeness (QED) is 0.750. The van der Waals surface area contributed by atoms with Crippen molar-refractivity contribution in [3.8, 4) is 5.75 Å². The summed E-state index contributed by atoms with van der Waals surface area (Å²) >= 11 is 0. The van der Waals surface area contributed by atoms with Crippen molar-refractivity contribution >= 4 is 11.6 Å². The van der Waals surface area contributed by atoms with Crippen molar-refractivity contribution in [2.24, 2.45) is 0 Å². The van der Waals surface area contributed by atoms with E-state index in [2.05, 4.69) is 50.4 Å². The third kappa shape index (κ3) is 4.62. The molecule has 0 bridgehead atoms. The van der Waals surface area contributed by atoms with Crippen molar-refractivity contribution < 1.29 is 9.53 Å². The van der Waals surface area contributed by atoms with Crippen molar-refractivity contribution in [2.45, 2.75) is 60.0 Å². The fourth-order valence-electron chi connectivity index (χ4n) is 3.01. The molecule has 0 aliphatic carbocycles. The lowest BCUT2D eigenvalue weighted by molar-refractivity contribution is -0.122. The highest BCUT2D eigenvalue weighted by atomic mass is 16.5. The van der Waals surface area contributed by atoms with Gasteiger partial charge in [0.1, 0.15) is 5.75 Å². The molecule has 2 aromatic carbocycles. The van der Waals surface area contributed by atoms with Gasteiger partial charge in [0.15, 0.2) is 6.10 Å². The number of hydrogen-bond donors (Lipinski definition) is 1. The maximum absolute atomic E-state index is 12.8. The minimum absolute atomic E-state index is 0.0851. The van der Waals surface area contributed by atoms with Crippen LogP contribution in [0.1, 0.15) is 49.4 Å². The third-order valence-electron chi connectivity index (χ3n) is 4.51. The van der Waals surface area contributed by atoms with Gasteiger partial charge in [-0.3, -0.25) is 4.79 Å². The van der Waals surface area contributed by atoms with E-state index < -0.39 is 6.10 Å². The number of carbonyl (C=O) groups excluding carboxylic acids is 1. The van der Waals surface area contributed by atoms with Crippen molar-refractivity contribution in [1.82, 2.24) is 0 Å². The van der Waals surface area contributed by atoms with Gasteiger partial charge in [-0.1, -0.05) is 56.7 Å². The van der Waals surface area contributed by atoms with Crippen LogP contribution in [0.3, 0.4) is 0 Å². The second kappa shape index (κ2) is 8.70. The molecule has 0 unspecified atom stereocenters. The van der Waals surface area contributed by atoms with Crippen LogP contribution in [0, 0.1) is 13.8 Å². The Bertz CT molecular complexity index is 715. The van der Waals surface area contributed by atoms with Gasteiger partial charge in [0.25, 0.3) is 5.91 Å². The van der Waals surface area contributed by atoms with Crippen LogP contribution >= 0.6 is 0 Å². The summed E-state index contributed by atoms with van der Waals surface area (Å²) in [4.78, 5) is 12.8. The Hall–Kier alpha value is -2.29. The van der Waals surface area contributed by atoms with Gasteiger partial charge < -0.3 is 10.1 Å². The normalized spacial score (nSPS) is 11.9. The summed E-state index contributed by atoms with van der Waals surface area (Å²) in [6, 6.07) is 12.2. The van der Waals surface area contributed by atoms with Gasteiger partial charge in [0.2, 0.25) is 0 Å². The Kier molecular flexibility index (Phi) is 6.63. The summed E-state index contributed by atoms with van der Waals surface area (Å²) in [6.07, 6.45) is 1.89. The lowest BCUT2D eigenvalue weighted by Gasteiger charge is -2.21. The first-order valence-corrected chi connectivity index (χ1v) is 9.15. The van der Waals surface area contributed by atoms with Gasteiger partial charge in [-0.25, -0.2) is 0 Å². The Morgan fingerprint density at radius 2 is 1.68 bits per heavy atom. The van der Waals surface area contributed by atoms with Crippen LogP contribution in [0.25, 0.3) is 0 Å². The fraction of sp³-hybridized carbons (Fsp3) is 0.409. The van der Waals surface area contributed by atoms with Crippen molar-refractivity contribution in [2.75, 3.05) is 5.32 Å². The number of rotatable bonds is 7. The molecule has 3 nitrogen and oxygen atoms in total. The summed E-state index contributed by atoms with van der Waals surface area (Å²) in [5.41, 5.74) is 5.50. The molecule has 25 heavy (non-hydrogen) atoms. The largest absolute Gasteiger partial charge is 0.480 e. The average Bonchev–Trinajstić information content (AvgIpc) is 2.61. The lowest BCUT2D eigenvalue weighted by atomic mass is 10.0. The highest BCUT2D eigenvalue weighted by molar-refractivity contribution is 5.95. The van der Waals surface area contributed by atoms with Gasteiger partial charge in [-0.2, -0.15) is 0 Å². The number of benzene rings is 2. The molecule has 2 rings (SSSR count). The first-order valence-electron chi connectivity index (χ1n) is 9.15. The molecule has 0 heterocycles. The van der Waals surface area contributed by atoms with Crippen LogP contribution < -0.4 is 10.1 Å². The molecule has 0 aromatic heterocycles. The van der Waals surface area contributed by atoms with Gasteiger partial charge in [-0.15, -0.1) is 0 Å². The van der Waals surface area contributed by atoms with E-state index in [4.69, 9.17) is 4.74 Å². The molecule has 3 heteroatoms. The van der Waals surface area contributed by atoms with Crippen molar-refractivity contribution in [3.05, 3.63) is 58.7 Å². The summed E-state index contributed by atoms with van der Waals surface area (Å²) < 4.78 is 6.02. The summed E-state index contributed by atoms with van der Waals surface area (Å²) in [5.74, 6) is 0.685. The number of hydrogen-bond acceptors (Lipinski definition) is 2. The van der Waals surface area contributed by atoms with E-state index in [1.807, 2.05) is 26.0 Å². The Balaban J connectivity index is 2.21. The molecule has 0 aliphatic heterocycles. The standard InChI is InChI=1S/C22H29NO2/c1-6-17-10-9-11-18(7-2)21(17)23-22(24)19(8-3)25-20-13-12-15(4)14-16(20)5/h9-14,19H,6-8H2,1-5H3,(H,23,24)/t19-/m1/s1. The van der Waals surface area contributed by atoms with Crippen LogP contribution in [0.5, 0.6) is 5.75 Å². The fourth-order valence-corrected chi connectivity index (χ4v) is 3.01. The van der Waals surface area contributed by atoms with Gasteiger partial charge >= 0.3 is 0 Å². The van der Waals surface area contributed by atoms with Gasteiger partial charge in [0, 0.05) is 5.69 Å². The maximum atomic E-state index is 12.8. The number of amides is 1. The summed E-state index contributed by atoms with van der Waals surface area (Å²) in [5, 5.41) is 3.12. The van der Waals surface area contributed by atoms with Crippen LogP contribution in [-0.2, 0) is 17.6 Å². The summed E-state index contributed by atoms with van der Waals surface area (Å²) in [6.45, 7) is 10.2.